The molecule has 0 amide bonds. The summed E-state index contributed by atoms with van der Waals surface area (Å²) in [7, 11) is 1.36. The van der Waals surface area contributed by atoms with Gasteiger partial charge in [0.05, 0.1) is 24.3 Å². The number of carbonyl (C=O) groups excluding carboxylic acids is 1. The second-order valence-electron chi connectivity index (χ2n) is 3.27. The third kappa shape index (κ3) is 3.07. The molecule has 84 valence electrons. The lowest BCUT2D eigenvalue weighted by molar-refractivity contribution is 0.0599. The lowest BCUT2D eigenvalue weighted by Gasteiger charge is -2.07. The van der Waals surface area contributed by atoms with Crippen LogP contribution in [-0.4, -0.2) is 18.4 Å². The van der Waals surface area contributed by atoms with Gasteiger partial charge < -0.3 is 4.74 Å². The summed E-state index contributed by atoms with van der Waals surface area (Å²) in [5.74, 6) is -0.353. The van der Waals surface area contributed by atoms with Gasteiger partial charge in [-0.3, -0.25) is 0 Å². The molecule has 0 aliphatic carbocycles. The number of rotatable bonds is 4. The quantitative estimate of drug-likeness (QED) is 0.630. The Kier molecular flexibility index (Phi) is 5.00. The average molecular weight is 282 g/mol. The molecule has 16 heavy (non-hydrogen) atoms. The van der Waals surface area contributed by atoms with Crippen molar-refractivity contribution in [2.24, 2.45) is 0 Å². The van der Waals surface area contributed by atoms with Crippen LogP contribution in [0.5, 0.6) is 0 Å². The molecule has 0 aliphatic heterocycles. The number of esters is 1. The second-order valence-corrected chi connectivity index (χ2v) is 4.06. The van der Waals surface area contributed by atoms with E-state index in [-0.39, 0.29) is 5.97 Å². The van der Waals surface area contributed by atoms with Gasteiger partial charge in [-0.2, -0.15) is 5.26 Å². The minimum absolute atomic E-state index is 0.353. The Morgan fingerprint density at radius 3 is 2.88 bits per heavy atom. The highest BCUT2D eigenvalue weighted by Gasteiger charge is 2.11. The van der Waals surface area contributed by atoms with Crippen molar-refractivity contribution in [3.63, 3.8) is 0 Å². The first kappa shape index (κ1) is 12.7. The fourth-order valence-electron chi connectivity index (χ4n) is 1.44. The molecule has 1 aromatic carbocycles. The number of hydrogen-bond acceptors (Lipinski definition) is 3. The largest absolute Gasteiger partial charge is 0.465 e. The van der Waals surface area contributed by atoms with Crippen LogP contribution < -0.4 is 0 Å². The van der Waals surface area contributed by atoms with Gasteiger partial charge in [0.25, 0.3) is 0 Å². The van der Waals surface area contributed by atoms with E-state index in [0.29, 0.717) is 11.1 Å². The third-order valence-corrected chi connectivity index (χ3v) is 2.78. The average Bonchev–Trinajstić information content (AvgIpc) is 2.34. The molecule has 0 fully saturated rings. The van der Waals surface area contributed by atoms with E-state index in [1.165, 1.54) is 7.11 Å². The monoisotopic (exact) mass is 281 g/mol. The number of carbonyl (C=O) groups is 1. The van der Waals surface area contributed by atoms with Crippen LogP contribution >= 0.6 is 15.9 Å². The number of benzene rings is 1. The lowest BCUT2D eigenvalue weighted by Crippen LogP contribution is -2.06. The molecule has 0 unspecified atom stereocenters. The molecular weight excluding hydrogens is 270 g/mol. The molecule has 0 radical (unpaired) electrons. The minimum atomic E-state index is -0.353. The highest BCUT2D eigenvalue weighted by molar-refractivity contribution is 9.09. The fourth-order valence-corrected chi connectivity index (χ4v) is 1.72. The number of aryl methyl sites for hydroxylation is 1. The van der Waals surface area contributed by atoms with E-state index in [0.717, 1.165) is 23.7 Å². The summed E-state index contributed by atoms with van der Waals surface area (Å²) < 4.78 is 4.70. The van der Waals surface area contributed by atoms with Crippen molar-refractivity contribution in [2.75, 3.05) is 12.4 Å². The van der Waals surface area contributed by atoms with Crippen molar-refractivity contribution in [1.82, 2.24) is 0 Å². The standard InChI is InChI=1S/C12H12BrNO2/c1-16-12(15)11-5-4-9(8-14)7-10(11)3-2-6-13/h4-5,7H,2-3,6H2,1H3. The summed E-state index contributed by atoms with van der Waals surface area (Å²) in [4.78, 5) is 11.5. The van der Waals surface area contributed by atoms with Crippen LogP contribution in [0.3, 0.4) is 0 Å². The second kappa shape index (κ2) is 6.29. The summed E-state index contributed by atoms with van der Waals surface area (Å²) in [5, 5.41) is 9.66. The van der Waals surface area contributed by atoms with Crippen molar-refractivity contribution >= 4 is 21.9 Å². The van der Waals surface area contributed by atoms with Gasteiger partial charge in [0.2, 0.25) is 0 Å². The van der Waals surface area contributed by atoms with E-state index in [4.69, 9.17) is 10.00 Å². The van der Waals surface area contributed by atoms with Gasteiger partial charge in [-0.1, -0.05) is 15.9 Å². The lowest BCUT2D eigenvalue weighted by atomic mass is 10.0. The van der Waals surface area contributed by atoms with Crippen LogP contribution in [0.15, 0.2) is 18.2 Å². The number of alkyl halides is 1. The molecule has 0 heterocycles. The first-order valence-corrected chi connectivity index (χ1v) is 6.02. The molecule has 0 saturated carbocycles. The molecule has 0 atom stereocenters. The Hall–Kier alpha value is -1.34. The highest BCUT2D eigenvalue weighted by Crippen LogP contribution is 2.15. The molecule has 1 aromatic rings. The Labute approximate surface area is 103 Å². The summed E-state index contributed by atoms with van der Waals surface area (Å²) in [6.07, 6.45) is 1.67. The summed E-state index contributed by atoms with van der Waals surface area (Å²) in [6.45, 7) is 0. The Balaban J connectivity index is 3.07. The van der Waals surface area contributed by atoms with E-state index in [9.17, 15) is 4.79 Å². The molecule has 1 rings (SSSR count). The highest BCUT2D eigenvalue weighted by atomic mass is 79.9. The molecule has 0 saturated heterocycles. The van der Waals surface area contributed by atoms with Crippen LogP contribution in [0, 0.1) is 11.3 Å². The van der Waals surface area contributed by atoms with Gasteiger partial charge in [-0.15, -0.1) is 0 Å². The van der Waals surface area contributed by atoms with E-state index in [1.54, 1.807) is 18.2 Å². The normalized spacial score (nSPS) is 9.56. The Morgan fingerprint density at radius 2 is 2.31 bits per heavy atom. The van der Waals surface area contributed by atoms with Crippen LogP contribution in [-0.2, 0) is 11.2 Å². The topological polar surface area (TPSA) is 50.1 Å². The number of nitriles is 1. The van der Waals surface area contributed by atoms with Gasteiger partial charge in [0.1, 0.15) is 0 Å². The summed E-state index contributed by atoms with van der Waals surface area (Å²) in [6, 6.07) is 7.08. The molecule has 0 N–H and O–H groups in total. The van der Waals surface area contributed by atoms with Crippen molar-refractivity contribution in [1.29, 1.82) is 5.26 Å². The van der Waals surface area contributed by atoms with E-state index < -0.39 is 0 Å². The first-order valence-electron chi connectivity index (χ1n) is 4.90. The molecule has 0 aromatic heterocycles. The van der Waals surface area contributed by atoms with E-state index in [1.807, 2.05) is 0 Å². The maximum atomic E-state index is 11.5. The zero-order valence-corrected chi connectivity index (χ0v) is 10.6. The van der Waals surface area contributed by atoms with Gasteiger partial charge >= 0.3 is 5.97 Å². The van der Waals surface area contributed by atoms with Crippen LogP contribution in [0.1, 0.15) is 27.9 Å². The molecule has 0 aliphatic rings. The number of methoxy groups -OCH3 is 1. The van der Waals surface area contributed by atoms with Crippen molar-refractivity contribution in [3.8, 4) is 6.07 Å². The van der Waals surface area contributed by atoms with Crippen molar-refractivity contribution < 1.29 is 9.53 Å². The Bertz CT molecular complexity index is 424. The van der Waals surface area contributed by atoms with E-state index in [2.05, 4.69) is 22.0 Å². The predicted molar refractivity (Wildman–Crippen MR) is 64.6 cm³/mol. The molecule has 0 bridgehead atoms. The van der Waals surface area contributed by atoms with Gasteiger partial charge in [-0.25, -0.2) is 4.79 Å². The number of halogens is 1. The zero-order chi connectivity index (χ0) is 12.0. The SMILES string of the molecule is COC(=O)c1ccc(C#N)cc1CCCBr. The van der Waals surface area contributed by atoms with Gasteiger partial charge in [0.15, 0.2) is 0 Å². The maximum absolute atomic E-state index is 11.5. The van der Waals surface area contributed by atoms with Crippen LogP contribution in [0.25, 0.3) is 0 Å². The maximum Gasteiger partial charge on any atom is 0.338 e. The third-order valence-electron chi connectivity index (χ3n) is 2.22. The predicted octanol–water partition coefficient (Wildman–Crippen LogP) is 2.67. The number of ether oxygens (including phenoxy) is 1. The summed E-state index contributed by atoms with van der Waals surface area (Å²) >= 11 is 3.34. The molecular formula is C12H12BrNO2. The molecule has 3 nitrogen and oxygen atoms in total. The van der Waals surface area contributed by atoms with Crippen molar-refractivity contribution in [3.05, 3.63) is 34.9 Å². The molecule has 4 heteroatoms. The van der Waals surface area contributed by atoms with Gasteiger partial charge in [0, 0.05) is 5.33 Å². The fraction of sp³-hybridized carbons (Fsp3) is 0.333. The number of nitrogens with zero attached hydrogens (tertiary/aromatic N) is 1. The first-order chi connectivity index (χ1) is 7.72. The molecule has 0 spiro atoms. The smallest absolute Gasteiger partial charge is 0.338 e. The van der Waals surface area contributed by atoms with Crippen LogP contribution in [0.2, 0.25) is 0 Å². The Morgan fingerprint density at radius 1 is 1.56 bits per heavy atom. The van der Waals surface area contributed by atoms with E-state index >= 15 is 0 Å². The number of hydrogen-bond donors (Lipinski definition) is 0. The minimum Gasteiger partial charge on any atom is -0.465 e. The van der Waals surface area contributed by atoms with Gasteiger partial charge in [-0.05, 0) is 36.6 Å². The van der Waals surface area contributed by atoms with Crippen LogP contribution in [0.4, 0.5) is 0 Å². The summed E-state index contributed by atoms with van der Waals surface area (Å²) in [5.41, 5.74) is 1.98. The van der Waals surface area contributed by atoms with Crippen molar-refractivity contribution in [2.45, 2.75) is 12.8 Å². The zero-order valence-electron chi connectivity index (χ0n) is 9.00.